The largest absolute Gasteiger partial charge is 0.378 e. The fourth-order valence-electron chi connectivity index (χ4n) is 3.60. The first-order chi connectivity index (χ1) is 13.4. The lowest BCUT2D eigenvalue weighted by molar-refractivity contribution is 0.122. The molecule has 1 fully saturated rings. The number of H-pyrrole nitrogens is 1. The molecule has 27 heavy (non-hydrogen) atoms. The SMILES string of the molecule is c1cc(N2CCOCC2)ncc1-c1noc(-c2cc3c([nH]2)CCCNC3)n1. The highest BCUT2D eigenvalue weighted by atomic mass is 16.5. The van der Waals surface area contributed by atoms with Gasteiger partial charge in [-0.1, -0.05) is 5.16 Å². The molecule has 0 aliphatic carbocycles. The number of rotatable bonds is 3. The molecule has 2 aliphatic rings. The molecule has 0 saturated carbocycles. The van der Waals surface area contributed by atoms with Crippen LogP contribution in [0.15, 0.2) is 28.9 Å². The second-order valence-electron chi connectivity index (χ2n) is 6.89. The standard InChI is InChI=1S/C19H22N6O2/c1-2-15-14(11-20-5-1)10-16(22-15)19-23-18(24-27-19)13-3-4-17(21-12-13)25-6-8-26-9-7-25/h3-4,10,12,20,22H,1-2,5-9,11H2. The van der Waals surface area contributed by atoms with Crippen molar-refractivity contribution in [3.63, 3.8) is 0 Å². The van der Waals surface area contributed by atoms with Crippen LogP contribution in [0.25, 0.3) is 23.0 Å². The summed E-state index contributed by atoms with van der Waals surface area (Å²) < 4.78 is 10.9. The summed E-state index contributed by atoms with van der Waals surface area (Å²) in [6, 6.07) is 6.09. The van der Waals surface area contributed by atoms with Gasteiger partial charge in [-0.25, -0.2) is 4.98 Å². The number of anilines is 1. The topological polar surface area (TPSA) is 92.1 Å². The Bertz CT molecular complexity index is 887. The van der Waals surface area contributed by atoms with Gasteiger partial charge in [0.2, 0.25) is 5.82 Å². The second-order valence-corrected chi connectivity index (χ2v) is 6.89. The maximum absolute atomic E-state index is 5.49. The Morgan fingerprint density at radius 2 is 2.07 bits per heavy atom. The van der Waals surface area contributed by atoms with Gasteiger partial charge in [0, 0.05) is 37.1 Å². The second kappa shape index (κ2) is 7.13. The number of morpholine rings is 1. The summed E-state index contributed by atoms with van der Waals surface area (Å²) in [5.41, 5.74) is 4.25. The minimum absolute atomic E-state index is 0.510. The average molecular weight is 366 g/mol. The Balaban J connectivity index is 1.36. The average Bonchev–Trinajstić information content (AvgIpc) is 3.31. The van der Waals surface area contributed by atoms with Gasteiger partial charge >= 0.3 is 0 Å². The molecule has 3 aromatic heterocycles. The van der Waals surface area contributed by atoms with Gasteiger partial charge in [-0.05, 0) is 43.1 Å². The highest BCUT2D eigenvalue weighted by molar-refractivity contribution is 5.59. The molecular weight excluding hydrogens is 344 g/mol. The van der Waals surface area contributed by atoms with E-state index in [1.54, 1.807) is 6.20 Å². The molecular formula is C19H22N6O2. The summed E-state index contributed by atoms with van der Waals surface area (Å²) >= 11 is 0. The van der Waals surface area contributed by atoms with E-state index in [1.807, 2.05) is 12.1 Å². The highest BCUT2D eigenvalue weighted by Gasteiger charge is 2.18. The Labute approximate surface area is 156 Å². The van der Waals surface area contributed by atoms with Gasteiger partial charge in [0.05, 0.1) is 13.2 Å². The van der Waals surface area contributed by atoms with Crippen molar-refractivity contribution < 1.29 is 9.26 Å². The van der Waals surface area contributed by atoms with Crippen molar-refractivity contribution in [2.45, 2.75) is 19.4 Å². The van der Waals surface area contributed by atoms with Gasteiger partial charge in [-0.2, -0.15) is 4.98 Å². The fourth-order valence-corrected chi connectivity index (χ4v) is 3.60. The molecule has 5 heterocycles. The first-order valence-electron chi connectivity index (χ1n) is 9.41. The van der Waals surface area contributed by atoms with Gasteiger partial charge < -0.3 is 24.5 Å². The number of aryl methyl sites for hydroxylation is 1. The maximum atomic E-state index is 5.49. The van der Waals surface area contributed by atoms with Crippen LogP contribution in [0.2, 0.25) is 0 Å². The number of ether oxygens (including phenoxy) is 1. The Kier molecular flexibility index (Phi) is 4.35. The van der Waals surface area contributed by atoms with E-state index < -0.39 is 0 Å². The lowest BCUT2D eigenvalue weighted by atomic mass is 10.2. The van der Waals surface area contributed by atoms with Crippen molar-refractivity contribution in [1.29, 1.82) is 0 Å². The first kappa shape index (κ1) is 16.5. The van der Waals surface area contributed by atoms with E-state index in [4.69, 9.17) is 9.26 Å². The van der Waals surface area contributed by atoms with E-state index in [9.17, 15) is 0 Å². The van der Waals surface area contributed by atoms with Crippen LogP contribution < -0.4 is 10.2 Å². The number of nitrogens with zero attached hydrogens (tertiary/aromatic N) is 4. The third-order valence-electron chi connectivity index (χ3n) is 5.09. The van der Waals surface area contributed by atoms with Gasteiger partial charge in [-0.3, -0.25) is 0 Å². The monoisotopic (exact) mass is 366 g/mol. The van der Waals surface area contributed by atoms with E-state index in [0.717, 1.165) is 69.3 Å². The van der Waals surface area contributed by atoms with Crippen LogP contribution in [0, 0.1) is 0 Å². The fraction of sp³-hybridized carbons (Fsp3) is 0.421. The number of hydrogen-bond acceptors (Lipinski definition) is 7. The molecule has 140 valence electrons. The minimum atomic E-state index is 0.510. The van der Waals surface area contributed by atoms with E-state index in [0.29, 0.717) is 11.7 Å². The lowest BCUT2D eigenvalue weighted by Crippen LogP contribution is -2.36. The number of hydrogen-bond donors (Lipinski definition) is 2. The number of pyridine rings is 1. The third-order valence-corrected chi connectivity index (χ3v) is 5.09. The normalized spacial score (nSPS) is 17.6. The van der Waals surface area contributed by atoms with Gasteiger partial charge in [0.25, 0.3) is 5.89 Å². The van der Waals surface area contributed by atoms with Gasteiger partial charge in [0.1, 0.15) is 11.5 Å². The summed E-state index contributed by atoms with van der Waals surface area (Å²) in [5, 5.41) is 7.56. The lowest BCUT2D eigenvalue weighted by Gasteiger charge is -2.27. The van der Waals surface area contributed by atoms with Crippen molar-refractivity contribution in [2.75, 3.05) is 37.7 Å². The third kappa shape index (κ3) is 3.33. The van der Waals surface area contributed by atoms with E-state index in [1.165, 1.54) is 11.3 Å². The van der Waals surface area contributed by atoms with E-state index >= 15 is 0 Å². The van der Waals surface area contributed by atoms with Gasteiger partial charge in [0.15, 0.2) is 0 Å². The molecule has 3 aromatic rings. The summed E-state index contributed by atoms with van der Waals surface area (Å²) in [7, 11) is 0. The zero-order valence-electron chi connectivity index (χ0n) is 15.1. The molecule has 1 saturated heterocycles. The first-order valence-corrected chi connectivity index (χ1v) is 9.41. The van der Waals surface area contributed by atoms with Crippen LogP contribution in [0.4, 0.5) is 5.82 Å². The summed E-state index contributed by atoms with van der Waals surface area (Å²) in [4.78, 5) is 14.8. The zero-order valence-corrected chi connectivity index (χ0v) is 15.1. The predicted molar refractivity (Wildman–Crippen MR) is 100 cm³/mol. The number of fused-ring (bicyclic) bond motifs is 1. The smallest absolute Gasteiger partial charge is 0.274 e. The van der Waals surface area contributed by atoms with Gasteiger partial charge in [-0.15, -0.1) is 0 Å². The number of nitrogens with one attached hydrogen (secondary N) is 2. The van der Waals surface area contributed by atoms with Crippen molar-refractivity contribution in [2.24, 2.45) is 0 Å². The molecule has 8 heteroatoms. The maximum Gasteiger partial charge on any atom is 0.274 e. The predicted octanol–water partition coefficient (Wildman–Crippen LogP) is 2.00. The molecule has 0 amide bonds. The quantitative estimate of drug-likeness (QED) is 0.732. The number of aromatic amines is 1. The molecule has 0 atom stereocenters. The van der Waals surface area contributed by atoms with Crippen molar-refractivity contribution >= 4 is 5.82 Å². The van der Waals surface area contributed by atoms with Crippen LogP contribution >= 0.6 is 0 Å². The molecule has 0 spiro atoms. The molecule has 8 nitrogen and oxygen atoms in total. The molecule has 0 bridgehead atoms. The van der Waals surface area contributed by atoms with E-state index in [-0.39, 0.29) is 0 Å². The van der Waals surface area contributed by atoms with E-state index in [2.05, 4.69) is 36.4 Å². The van der Waals surface area contributed by atoms with Crippen LogP contribution in [0.3, 0.4) is 0 Å². The molecule has 0 aromatic carbocycles. The Morgan fingerprint density at radius 1 is 1.15 bits per heavy atom. The zero-order chi connectivity index (χ0) is 18.1. The molecule has 0 unspecified atom stereocenters. The van der Waals surface area contributed by atoms with Crippen LogP contribution in [-0.4, -0.2) is 53.0 Å². The minimum Gasteiger partial charge on any atom is -0.378 e. The van der Waals surface area contributed by atoms with Crippen molar-refractivity contribution in [3.8, 4) is 23.0 Å². The molecule has 2 aliphatic heterocycles. The number of aromatic nitrogens is 4. The highest BCUT2D eigenvalue weighted by Crippen LogP contribution is 2.26. The van der Waals surface area contributed by atoms with Crippen LogP contribution in [-0.2, 0) is 17.7 Å². The Hall–Kier alpha value is -2.71. The molecule has 0 radical (unpaired) electrons. The van der Waals surface area contributed by atoms with Crippen LogP contribution in [0.5, 0.6) is 0 Å². The Morgan fingerprint density at radius 3 is 2.93 bits per heavy atom. The molecule has 5 rings (SSSR count). The summed E-state index contributed by atoms with van der Waals surface area (Å²) in [5.74, 6) is 2.01. The summed E-state index contributed by atoms with van der Waals surface area (Å²) in [6.45, 7) is 5.15. The molecule has 2 N–H and O–H groups in total. The van der Waals surface area contributed by atoms with Crippen LogP contribution in [0.1, 0.15) is 17.7 Å². The van der Waals surface area contributed by atoms with Crippen molar-refractivity contribution in [3.05, 3.63) is 35.7 Å². The van der Waals surface area contributed by atoms with Crippen molar-refractivity contribution in [1.82, 2.24) is 25.4 Å². The summed E-state index contributed by atoms with van der Waals surface area (Å²) in [6.07, 6.45) is 3.96.